The summed E-state index contributed by atoms with van der Waals surface area (Å²) < 4.78 is 0. The molecule has 0 aliphatic heterocycles. The number of nitrogens with zero attached hydrogens (tertiary/aromatic N) is 2. The number of carbonyl (C=O) groups is 2. The summed E-state index contributed by atoms with van der Waals surface area (Å²) in [6.07, 6.45) is 0. The van der Waals surface area contributed by atoms with Crippen molar-refractivity contribution in [1.82, 2.24) is 15.2 Å². The Kier molecular flexibility index (Phi) is 4.23. The Labute approximate surface area is 125 Å². The molecule has 0 spiro atoms. The largest absolute Gasteiger partial charge is 0.478 e. The van der Waals surface area contributed by atoms with Crippen LogP contribution in [0.1, 0.15) is 46.6 Å². The summed E-state index contributed by atoms with van der Waals surface area (Å²) in [4.78, 5) is 27.2. The molecule has 2 aromatic rings. The monoisotopic (exact) mass is 308 g/mol. The quantitative estimate of drug-likeness (QED) is 0.804. The Bertz CT molecular complexity index is 696. The number of benzene rings is 1. The molecule has 0 bridgehead atoms. The number of carboxylic acid groups (broad SMARTS) is 1. The topological polar surface area (TPSA) is 108 Å². The number of carbonyl (C=O) groups excluding carboxylic acids is 1. The minimum Gasteiger partial charge on any atom is -0.478 e. The number of aromatic nitrogens is 3. The first-order valence-electron chi connectivity index (χ1n) is 6.15. The van der Waals surface area contributed by atoms with Gasteiger partial charge in [-0.25, -0.2) is 9.78 Å². The lowest BCUT2D eigenvalue weighted by Crippen LogP contribution is -2.16. The van der Waals surface area contributed by atoms with E-state index in [0.29, 0.717) is 5.82 Å². The fourth-order valence-corrected chi connectivity index (χ4v) is 1.85. The highest BCUT2D eigenvalue weighted by atomic mass is 35.5. The zero-order chi connectivity index (χ0) is 15.6. The molecule has 7 nitrogen and oxygen atoms in total. The predicted octanol–water partition coefficient (Wildman–Crippen LogP) is 2.53. The molecule has 0 atom stereocenters. The van der Waals surface area contributed by atoms with Gasteiger partial charge >= 0.3 is 5.97 Å². The fourth-order valence-electron chi connectivity index (χ4n) is 1.63. The highest BCUT2D eigenvalue weighted by molar-refractivity contribution is 6.34. The number of halogens is 1. The van der Waals surface area contributed by atoms with Gasteiger partial charge < -0.3 is 10.4 Å². The van der Waals surface area contributed by atoms with Gasteiger partial charge in [0, 0.05) is 5.92 Å². The molecule has 1 amide bonds. The third kappa shape index (κ3) is 3.19. The lowest BCUT2D eigenvalue weighted by molar-refractivity contribution is 0.0698. The van der Waals surface area contributed by atoms with Crippen molar-refractivity contribution >= 4 is 29.2 Å². The third-order valence-electron chi connectivity index (χ3n) is 2.74. The van der Waals surface area contributed by atoms with Gasteiger partial charge in [0.25, 0.3) is 5.91 Å². The van der Waals surface area contributed by atoms with Crippen LogP contribution in [-0.4, -0.2) is 32.2 Å². The van der Waals surface area contributed by atoms with Crippen molar-refractivity contribution < 1.29 is 14.7 Å². The summed E-state index contributed by atoms with van der Waals surface area (Å²) in [6.45, 7) is 3.80. The standard InChI is InChI=1S/C13H13ClN4O3/c1-6(2)10-16-11(18-17-10)12(19)15-9-7(13(20)21)4-3-5-8(9)14/h3-6H,1-2H3,(H,15,19)(H,20,21)(H,16,17,18). The minimum atomic E-state index is -1.19. The van der Waals surface area contributed by atoms with Crippen LogP contribution < -0.4 is 5.32 Å². The molecule has 1 heterocycles. The summed E-state index contributed by atoms with van der Waals surface area (Å²) in [5.41, 5.74) is -0.0805. The van der Waals surface area contributed by atoms with E-state index in [9.17, 15) is 9.59 Å². The molecule has 0 radical (unpaired) electrons. The van der Waals surface area contributed by atoms with Crippen LogP contribution in [0.25, 0.3) is 0 Å². The number of aromatic carboxylic acids is 1. The fraction of sp³-hybridized carbons (Fsp3) is 0.231. The molecule has 0 aliphatic rings. The molecule has 110 valence electrons. The number of carboxylic acids is 1. The molecule has 1 aromatic heterocycles. The van der Waals surface area contributed by atoms with Crippen LogP contribution in [0.2, 0.25) is 5.02 Å². The summed E-state index contributed by atoms with van der Waals surface area (Å²) in [5, 5.41) is 18.1. The zero-order valence-corrected chi connectivity index (χ0v) is 12.1. The van der Waals surface area contributed by atoms with Gasteiger partial charge in [0.1, 0.15) is 5.82 Å². The van der Waals surface area contributed by atoms with Crippen LogP contribution in [0.4, 0.5) is 5.69 Å². The highest BCUT2D eigenvalue weighted by Gasteiger charge is 2.19. The first-order valence-corrected chi connectivity index (χ1v) is 6.53. The van der Waals surface area contributed by atoms with Crippen molar-refractivity contribution in [2.24, 2.45) is 0 Å². The molecule has 1 aromatic carbocycles. The lowest BCUT2D eigenvalue weighted by Gasteiger charge is -2.08. The number of anilines is 1. The summed E-state index contributed by atoms with van der Waals surface area (Å²) in [5.74, 6) is -1.24. The second-order valence-electron chi connectivity index (χ2n) is 4.62. The first-order chi connectivity index (χ1) is 9.90. The maximum Gasteiger partial charge on any atom is 0.337 e. The predicted molar refractivity (Wildman–Crippen MR) is 76.8 cm³/mol. The van der Waals surface area contributed by atoms with Gasteiger partial charge in [-0.15, -0.1) is 5.10 Å². The molecule has 0 unspecified atom stereocenters. The second-order valence-corrected chi connectivity index (χ2v) is 5.03. The molecule has 2 rings (SSSR count). The molecule has 8 heteroatoms. The Morgan fingerprint density at radius 3 is 2.67 bits per heavy atom. The summed E-state index contributed by atoms with van der Waals surface area (Å²) in [6, 6.07) is 4.33. The number of aromatic amines is 1. The molecule has 0 saturated carbocycles. The van der Waals surface area contributed by atoms with E-state index in [1.165, 1.54) is 18.2 Å². The van der Waals surface area contributed by atoms with Gasteiger partial charge in [-0.1, -0.05) is 31.5 Å². The average Bonchev–Trinajstić information content (AvgIpc) is 2.90. The van der Waals surface area contributed by atoms with Crippen molar-refractivity contribution in [3.63, 3.8) is 0 Å². The van der Waals surface area contributed by atoms with Crippen LogP contribution in [0, 0.1) is 0 Å². The van der Waals surface area contributed by atoms with E-state index in [2.05, 4.69) is 20.5 Å². The van der Waals surface area contributed by atoms with E-state index >= 15 is 0 Å². The average molecular weight is 309 g/mol. The van der Waals surface area contributed by atoms with Crippen molar-refractivity contribution in [1.29, 1.82) is 0 Å². The summed E-state index contributed by atoms with van der Waals surface area (Å²) >= 11 is 5.93. The molecule has 0 aliphatic carbocycles. The van der Waals surface area contributed by atoms with E-state index in [-0.39, 0.29) is 28.0 Å². The number of hydrogen-bond donors (Lipinski definition) is 3. The maximum absolute atomic E-state index is 12.1. The van der Waals surface area contributed by atoms with Gasteiger partial charge in [0.15, 0.2) is 0 Å². The first kappa shape index (κ1) is 15.0. The van der Waals surface area contributed by atoms with Gasteiger partial charge in [-0.3, -0.25) is 9.89 Å². The van der Waals surface area contributed by atoms with Crippen LogP contribution >= 0.6 is 11.6 Å². The molecule has 0 saturated heterocycles. The van der Waals surface area contributed by atoms with Gasteiger partial charge in [-0.05, 0) is 12.1 Å². The second kappa shape index (κ2) is 5.92. The van der Waals surface area contributed by atoms with E-state index in [4.69, 9.17) is 16.7 Å². The third-order valence-corrected chi connectivity index (χ3v) is 3.05. The van der Waals surface area contributed by atoms with Crippen molar-refractivity contribution in [3.8, 4) is 0 Å². The number of amides is 1. The molecular weight excluding hydrogens is 296 g/mol. The van der Waals surface area contributed by atoms with Crippen molar-refractivity contribution in [2.45, 2.75) is 19.8 Å². The zero-order valence-electron chi connectivity index (χ0n) is 11.3. The van der Waals surface area contributed by atoms with E-state index < -0.39 is 11.9 Å². The number of rotatable bonds is 4. The lowest BCUT2D eigenvalue weighted by atomic mass is 10.2. The summed E-state index contributed by atoms with van der Waals surface area (Å²) in [7, 11) is 0. The van der Waals surface area contributed by atoms with Crippen LogP contribution in [0.15, 0.2) is 18.2 Å². The highest BCUT2D eigenvalue weighted by Crippen LogP contribution is 2.26. The Balaban J connectivity index is 2.29. The SMILES string of the molecule is CC(C)c1nc(C(=O)Nc2c(Cl)cccc2C(=O)O)n[nH]1. The van der Waals surface area contributed by atoms with E-state index in [1.807, 2.05) is 13.8 Å². The van der Waals surface area contributed by atoms with Crippen LogP contribution in [0.3, 0.4) is 0 Å². The van der Waals surface area contributed by atoms with Gasteiger partial charge in [0.2, 0.25) is 5.82 Å². The minimum absolute atomic E-state index is 0.0209. The number of hydrogen-bond acceptors (Lipinski definition) is 4. The Morgan fingerprint density at radius 2 is 2.10 bits per heavy atom. The smallest absolute Gasteiger partial charge is 0.337 e. The normalized spacial score (nSPS) is 10.7. The number of para-hydroxylation sites is 1. The van der Waals surface area contributed by atoms with Gasteiger partial charge in [0.05, 0.1) is 16.3 Å². The molecule has 21 heavy (non-hydrogen) atoms. The van der Waals surface area contributed by atoms with E-state index in [0.717, 1.165) is 0 Å². The Hall–Kier alpha value is -2.41. The van der Waals surface area contributed by atoms with Gasteiger partial charge in [-0.2, -0.15) is 0 Å². The number of nitrogens with one attached hydrogen (secondary N) is 2. The maximum atomic E-state index is 12.1. The molecular formula is C13H13ClN4O3. The van der Waals surface area contributed by atoms with Crippen molar-refractivity contribution in [2.75, 3.05) is 5.32 Å². The van der Waals surface area contributed by atoms with Crippen molar-refractivity contribution in [3.05, 3.63) is 40.4 Å². The Morgan fingerprint density at radius 1 is 1.38 bits per heavy atom. The molecule has 0 fully saturated rings. The molecule has 3 N–H and O–H groups in total. The van der Waals surface area contributed by atoms with Crippen LogP contribution in [-0.2, 0) is 0 Å². The van der Waals surface area contributed by atoms with E-state index in [1.54, 1.807) is 0 Å². The van der Waals surface area contributed by atoms with Crippen LogP contribution in [0.5, 0.6) is 0 Å². The number of H-pyrrole nitrogens is 1.